The fourth-order valence-electron chi connectivity index (χ4n) is 2.21. The molecule has 2 nitrogen and oxygen atoms in total. The molecule has 1 fully saturated rings. The van der Waals surface area contributed by atoms with E-state index in [1.165, 1.54) is 30.3 Å². The van der Waals surface area contributed by atoms with E-state index < -0.39 is 0 Å². The molecule has 0 unspecified atom stereocenters. The lowest BCUT2D eigenvalue weighted by atomic mass is 9.85. The zero-order valence-corrected chi connectivity index (χ0v) is 9.32. The van der Waals surface area contributed by atoms with E-state index in [-0.39, 0.29) is 0 Å². The van der Waals surface area contributed by atoms with Gasteiger partial charge in [-0.2, -0.15) is 0 Å². The quantitative estimate of drug-likeness (QED) is 0.843. The molecule has 16 heavy (non-hydrogen) atoms. The molecule has 0 atom stereocenters. The van der Waals surface area contributed by atoms with Crippen LogP contribution in [0.5, 0.6) is 0 Å². The van der Waals surface area contributed by atoms with Crippen molar-refractivity contribution in [3.8, 4) is 0 Å². The van der Waals surface area contributed by atoms with Crippen molar-refractivity contribution in [1.82, 2.24) is 4.98 Å². The maximum absolute atomic E-state index is 4.36. The van der Waals surface area contributed by atoms with Crippen molar-refractivity contribution in [2.24, 2.45) is 5.92 Å². The standard InChI is InChI=1S/C14H16N2/c1-4-11(5-1)10-16-14-8-2-7-13-12(14)6-3-9-15-13/h2-3,6-9,11,16H,1,4-5,10H2. The van der Waals surface area contributed by atoms with Gasteiger partial charge in [0.2, 0.25) is 0 Å². The third-order valence-electron chi connectivity index (χ3n) is 3.45. The maximum Gasteiger partial charge on any atom is 0.0722 e. The number of pyridine rings is 1. The van der Waals surface area contributed by atoms with Crippen LogP contribution in [-0.2, 0) is 0 Å². The summed E-state index contributed by atoms with van der Waals surface area (Å²) in [5, 5.41) is 4.78. The Bertz CT molecular complexity index is 484. The monoisotopic (exact) mass is 212 g/mol. The van der Waals surface area contributed by atoms with E-state index in [0.717, 1.165) is 18.0 Å². The summed E-state index contributed by atoms with van der Waals surface area (Å²) in [6, 6.07) is 10.4. The van der Waals surface area contributed by atoms with Gasteiger partial charge in [0.15, 0.2) is 0 Å². The molecule has 3 rings (SSSR count). The molecular formula is C14H16N2. The Morgan fingerprint density at radius 3 is 2.94 bits per heavy atom. The van der Waals surface area contributed by atoms with Gasteiger partial charge in [0.25, 0.3) is 0 Å². The molecule has 1 aliphatic rings. The molecule has 0 aliphatic heterocycles. The smallest absolute Gasteiger partial charge is 0.0722 e. The van der Waals surface area contributed by atoms with Gasteiger partial charge >= 0.3 is 0 Å². The molecule has 2 aromatic rings. The molecule has 2 heteroatoms. The zero-order chi connectivity index (χ0) is 10.8. The largest absolute Gasteiger partial charge is 0.384 e. The van der Waals surface area contributed by atoms with Gasteiger partial charge < -0.3 is 5.32 Å². The second-order valence-corrected chi connectivity index (χ2v) is 4.55. The second kappa shape index (κ2) is 4.12. The molecular weight excluding hydrogens is 196 g/mol. The van der Waals surface area contributed by atoms with Crippen LogP contribution >= 0.6 is 0 Å². The minimum absolute atomic E-state index is 0.881. The van der Waals surface area contributed by atoms with Crippen LogP contribution in [0.15, 0.2) is 36.5 Å². The van der Waals surface area contributed by atoms with Gasteiger partial charge in [-0.25, -0.2) is 0 Å². The Morgan fingerprint density at radius 1 is 1.19 bits per heavy atom. The number of hydrogen-bond donors (Lipinski definition) is 1. The van der Waals surface area contributed by atoms with Gasteiger partial charge in [0.05, 0.1) is 5.52 Å². The number of nitrogens with zero attached hydrogens (tertiary/aromatic N) is 1. The predicted octanol–water partition coefficient (Wildman–Crippen LogP) is 3.45. The van der Waals surface area contributed by atoms with Crippen molar-refractivity contribution >= 4 is 16.6 Å². The Labute approximate surface area is 95.7 Å². The summed E-state index contributed by atoms with van der Waals surface area (Å²) < 4.78 is 0. The number of aromatic nitrogens is 1. The van der Waals surface area contributed by atoms with Crippen LogP contribution in [0.4, 0.5) is 5.69 Å². The van der Waals surface area contributed by atoms with Gasteiger partial charge in [-0.3, -0.25) is 4.98 Å². The molecule has 0 amide bonds. The Morgan fingerprint density at radius 2 is 2.12 bits per heavy atom. The number of nitrogens with one attached hydrogen (secondary N) is 1. The van der Waals surface area contributed by atoms with Crippen LogP contribution in [0.2, 0.25) is 0 Å². The lowest BCUT2D eigenvalue weighted by Gasteiger charge is -2.26. The molecule has 1 saturated carbocycles. The minimum atomic E-state index is 0.881. The van der Waals surface area contributed by atoms with Crippen molar-refractivity contribution in [3.05, 3.63) is 36.5 Å². The number of rotatable bonds is 3. The molecule has 1 aromatic carbocycles. The Kier molecular flexibility index (Phi) is 2.49. The van der Waals surface area contributed by atoms with Crippen molar-refractivity contribution < 1.29 is 0 Å². The van der Waals surface area contributed by atoms with Crippen LogP contribution in [0, 0.1) is 5.92 Å². The molecule has 1 N–H and O–H groups in total. The SMILES string of the molecule is c1cc(NCC2CCC2)c2cccnc2c1. The second-order valence-electron chi connectivity index (χ2n) is 4.55. The van der Waals surface area contributed by atoms with E-state index in [4.69, 9.17) is 0 Å². The van der Waals surface area contributed by atoms with Crippen molar-refractivity contribution in [2.45, 2.75) is 19.3 Å². The Balaban J connectivity index is 1.84. The fourth-order valence-corrected chi connectivity index (χ4v) is 2.21. The molecule has 1 heterocycles. The summed E-state index contributed by atoms with van der Waals surface area (Å²) in [5.74, 6) is 0.881. The number of anilines is 1. The van der Waals surface area contributed by atoms with E-state index in [9.17, 15) is 0 Å². The first-order chi connectivity index (χ1) is 7.93. The van der Waals surface area contributed by atoms with Gasteiger partial charge in [0.1, 0.15) is 0 Å². The first-order valence-electron chi connectivity index (χ1n) is 6.01. The van der Waals surface area contributed by atoms with Gasteiger partial charge in [-0.1, -0.05) is 12.5 Å². The van der Waals surface area contributed by atoms with E-state index in [1.54, 1.807) is 0 Å². The highest BCUT2D eigenvalue weighted by molar-refractivity contribution is 5.91. The normalized spacial score (nSPS) is 16.0. The van der Waals surface area contributed by atoms with E-state index >= 15 is 0 Å². The van der Waals surface area contributed by atoms with E-state index in [0.29, 0.717) is 0 Å². The average Bonchev–Trinajstić information content (AvgIpc) is 2.27. The third-order valence-corrected chi connectivity index (χ3v) is 3.45. The van der Waals surface area contributed by atoms with E-state index in [1.807, 2.05) is 12.3 Å². The maximum atomic E-state index is 4.36. The molecule has 0 saturated heterocycles. The summed E-state index contributed by atoms with van der Waals surface area (Å²) in [4.78, 5) is 4.36. The van der Waals surface area contributed by atoms with Crippen LogP contribution < -0.4 is 5.32 Å². The van der Waals surface area contributed by atoms with Crippen molar-refractivity contribution in [1.29, 1.82) is 0 Å². The first-order valence-corrected chi connectivity index (χ1v) is 6.01. The minimum Gasteiger partial charge on any atom is -0.384 e. The molecule has 0 spiro atoms. The van der Waals surface area contributed by atoms with E-state index in [2.05, 4.69) is 34.6 Å². The average molecular weight is 212 g/mol. The van der Waals surface area contributed by atoms with Crippen LogP contribution in [0.25, 0.3) is 10.9 Å². The molecule has 0 bridgehead atoms. The molecule has 0 radical (unpaired) electrons. The summed E-state index contributed by atoms with van der Waals surface area (Å²) >= 11 is 0. The number of hydrogen-bond acceptors (Lipinski definition) is 2. The highest BCUT2D eigenvalue weighted by Crippen LogP contribution is 2.28. The van der Waals surface area contributed by atoms with Crippen LogP contribution in [0.3, 0.4) is 0 Å². The third kappa shape index (κ3) is 1.75. The van der Waals surface area contributed by atoms with Gasteiger partial charge in [-0.05, 0) is 43.0 Å². The van der Waals surface area contributed by atoms with Gasteiger partial charge in [-0.15, -0.1) is 0 Å². The number of benzene rings is 1. The molecule has 1 aliphatic carbocycles. The topological polar surface area (TPSA) is 24.9 Å². The predicted molar refractivity (Wildman–Crippen MR) is 67.6 cm³/mol. The van der Waals surface area contributed by atoms with Crippen molar-refractivity contribution in [2.75, 3.05) is 11.9 Å². The zero-order valence-electron chi connectivity index (χ0n) is 9.32. The Hall–Kier alpha value is -1.57. The summed E-state index contributed by atoms with van der Waals surface area (Å²) in [5.41, 5.74) is 2.29. The molecule has 82 valence electrons. The lowest BCUT2D eigenvalue weighted by Crippen LogP contribution is -2.20. The summed E-state index contributed by atoms with van der Waals surface area (Å²) in [6.45, 7) is 1.11. The molecule has 1 aromatic heterocycles. The van der Waals surface area contributed by atoms with Crippen LogP contribution in [-0.4, -0.2) is 11.5 Å². The lowest BCUT2D eigenvalue weighted by molar-refractivity contribution is 0.333. The fraction of sp³-hybridized carbons (Fsp3) is 0.357. The highest BCUT2D eigenvalue weighted by Gasteiger charge is 2.16. The highest BCUT2D eigenvalue weighted by atomic mass is 14.9. The summed E-state index contributed by atoms with van der Waals surface area (Å²) in [6.07, 6.45) is 6.02. The number of fused-ring (bicyclic) bond motifs is 1. The van der Waals surface area contributed by atoms with Crippen LogP contribution in [0.1, 0.15) is 19.3 Å². The van der Waals surface area contributed by atoms with Crippen molar-refractivity contribution in [3.63, 3.8) is 0 Å². The first kappa shape index (κ1) is 9.64. The van der Waals surface area contributed by atoms with Gasteiger partial charge in [0, 0.05) is 23.8 Å². The summed E-state index contributed by atoms with van der Waals surface area (Å²) in [7, 11) is 0.